The second-order valence-electron chi connectivity index (χ2n) is 11.2. The van der Waals surface area contributed by atoms with E-state index in [0.717, 1.165) is 35.3 Å². The van der Waals surface area contributed by atoms with Crippen molar-refractivity contribution in [3.05, 3.63) is 94.5 Å². The second-order valence-corrected chi connectivity index (χ2v) is 11.6. The van der Waals surface area contributed by atoms with Gasteiger partial charge in [0.1, 0.15) is 0 Å². The van der Waals surface area contributed by atoms with E-state index in [1.54, 1.807) is 30.9 Å². The van der Waals surface area contributed by atoms with E-state index in [9.17, 15) is 19.5 Å². The Morgan fingerprint density at radius 1 is 1.00 bits per heavy atom. The number of likely N-dealkylation sites (N-methyl/N-ethyl adjacent to an activating group) is 1. The van der Waals surface area contributed by atoms with Crippen molar-refractivity contribution in [3.63, 3.8) is 0 Å². The highest BCUT2D eigenvalue weighted by atomic mass is 35.5. The molecule has 210 valence electrons. The van der Waals surface area contributed by atoms with E-state index < -0.39 is 11.4 Å². The minimum Gasteiger partial charge on any atom is -0.481 e. The number of anilines is 2. The number of rotatable bonds is 9. The number of carbonyl (C=O) groups is 3. The van der Waals surface area contributed by atoms with Crippen molar-refractivity contribution in [2.75, 3.05) is 16.3 Å². The van der Waals surface area contributed by atoms with Crippen molar-refractivity contribution in [2.45, 2.75) is 65.3 Å². The zero-order chi connectivity index (χ0) is 29.0. The van der Waals surface area contributed by atoms with Crippen LogP contribution < -0.4 is 9.80 Å². The number of benzene rings is 3. The molecular formula is C33H37ClN2O4. The zero-order valence-electron chi connectivity index (χ0n) is 23.6. The van der Waals surface area contributed by atoms with Gasteiger partial charge in [-0.3, -0.25) is 14.4 Å². The monoisotopic (exact) mass is 560 g/mol. The van der Waals surface area contributed by atoms with Crippen LogP contribution in [-0.4, -0.2) is 35.5 Å². The lowest BCUT2D eigenvalue weighted by Gasteiger charge is -2.40. The van der Waals surface area contributed by atoms with Crippen molar-refractivity contribution >= 4 is 40.8 Å². The molecule has 0 saturated heterocycles. The van der Waals surface area contributed by atoms with E-state index in [1.165, 1.54) is 0 Å². The minimum atomic E-state index is -0.791. The van der Waals surface area contributed by atoms with Crippen molar-refractivity contribution in [1.29, 1.82) is 0 Å². The molecule has 0 radical (unpaired) electrons. The van der Waals surface area contributed by atoms with Crippen molar-refractivity contribution in [1.82, 2.24) is 0 Å². The third-order valence-electron chi connectivity index (χ3n) is 7.87. The summed E-state index contributed by atoms with van der Waals surface area (Å²) in [4.78, 5) is 42.6. The van der Waals surface area contributed by atoms with Crippen LogP contribution in [0.3, 0.4) is 0 Å². The predicted octanol–water partition coefficient (Wildman–Crippen LogP) is 7.35. The Bertz CT molecular complexity index is 1370. The van der Waals surface area contributed by atoms with E-state index in [0.29, 0.717) is 30.0 Å². The molecule has 2 atom stereocenters. The lowest BCUT2D eigenvalue weighted by atomic mass is 9.84. The van der Waals surface area contributed by atoms with Gasteiger partial charge in [-0.1, -0.05) is 41.9 Å². The molecule has 7 heteroatoms. The maximum atomic E-state index is 13.8. The number of hydrogen-bond acceptors (Lipinski definition) is 3. The van der Waals surface area contributed by atoms with Gasteiger partial charge in [0.15, 0.2) is 0 Å². The topological polar surface area (TPSA) is 77.9 Å². The first kappa shape index (κ1) is 29.3. The third kappa shape index (κ3) is 6.23. The first-order valence-electron chi connectivity index (χ1n) is 13.8. The van der Waals surface area contributed by atoms with Crippen LogP contribution in [0.4, 0.5) is 11.4 Å². The van der Waals surface area contributed by atoms with Gasteiger partial charge in [-0.25, -0.2) is 0 Å². The van der Waals surface area contributed by atoms with Gasteiger partial charge in [-0.05, 0) is 107 Å². The Hall–Kier alpha value is -3.64. The molecule has 0 bridgehead atoms. The molecule has 2 unspecified atom stereocenters. The maximum absolute atomic E-state index is 13.8. The first-order chi connectivity index (χ1) is 19.0. The number of hydrogen-bond donors (Lipinski definition) is 1. The molecule has 40 heavy (non-hydrogen) atoms. The number of fused-ring (bicyclic) bond motifs is 1. The number of carboxylic acids is 1. The molecule has 0 spiro atoms. The Morgan fingerprint density at radius 3 is 2.27 bits per heavy atom. The van der Waals surface area contributed by atoms with Gasteiger partial charge in [-0.15, -0.1) is 0 Å². The average Bonchev–Trinajstić information content (AvgIpc) is 2.94. The molecule has 0 fully saturated rings. The molecule has 0 aliphatic carbocycles. The van der Waals surface area contributed by atoms with Crippen LogP contribution in [-0.2, 0) is 16.0 Å². The molecule has 3 aromatic rings. The quantitative estimate of drug-likeness (QED) is 0.297. The first-order valence-corrected chi connectivity index (χ1v) is 14.2. The molecular weight excluding hydrogens is 524 g/mol. The largest absolute Gasteiger partial charge is 0.481 e. The predicted molar refractivity (Wildman–Crippen MR) is 160 cm³/mol. The summed E-state index contributed by atoms with van der Waals surface area (Å²) in [6.45, 7) is 7.95. The normalized spacial score (nSPS) is 16.8. The van der Waals surface area contributed by atoms with Crippen LogP contribution in [0.1, 0.15) is 74.4 Å². The SMILES string of the molecule is CCN(C(=O)C1CC(C)N(C(=O)c2ccc(CCCC(C)(C)C(=O)O)cc2)c2ccccc21)c1ccc(Cl)cc1. The number of aliphatic carboxylic acids is 1. The summed E-state index contributed by atoms with van der Waals surface area (Å²) in [5, 5.41) is 9.95. The summed E-state index contributed by atoms with van der Waals surface area (Å²) in [5.74, 6) is -1.26. The summed E-state index contributed by atoms with van der Waals surface area (Å²) in [5.41, 5.74) is 3.30. The third-order valence-corrected chi connectivity index (χ3v) is 8.13. The smallest absolute Gasteiger partial charge is 0.309 e. The van der Waals surface area contributed by atoms with Gasteiger partial charge in [0.2, 0.25) is 5.91 Å². The van der Waals surface area contributed by atoms with E-state index >= 15 is 0 Å². The van der Waals surface area contributed by atoms with Gasteiger partial charge >= 0.3 is 5.97 Å². The summed E-state index contributed by atoms with van der Waals surface area (Å²) in [6, 6.07) is 22.3. The van der Waals surface area contributed by atoms with E-state index in [-0.39, 0.29) is 23.8 Å². The molecule has 1 N–H and O–H groups in total. The van der Waals surface area contributed by atoms with Crippen LogP contribution in [0.15, 0.2) is 72.8 Å². The molecule has 3 aromatic carbocycles. The molecule has 1 heterocycles. The summed E-state index contributed by atoms with van der Waals surface area (Å²) in [7, 11) is 0. The Morgan fingerprint density at radius 2 is 1.65 bits per heavy atom. The van der Waals surface area contributed by atoms with Gasteiger partial charge in [0.25, 0.3) is 5.91 Å². The summed E-state index contributed by atoms with van der Waals surface area (Å²) in [6.07, 6.45) is 2.60. The lowest BCUT2D eigenvalue weighted by Crippen LogP contribution is -2.46. The van der Waals surface area contributed by atoms with Gasteiger partial charge < -0.3 is 14.9 Å². The maximum Gasteiger partial charge on any atom is 0.309 e. The second kappa shape index (κ2) is 12.3. The van der Waals surface area contributed by atoms with E-state index in [1.807, 2.05) is 79.4 Å². The van der Waals surface area contributed by atoms with Crippen LogP contribution >= 0.6 is 11.6 Å². The summed E-state index contributed by atoms with van der Waals surface area (Å²) < 4.78 is 0. The van der Waals surface area contributed by atoms with Crippen LogP contribution in [0.2, 0.25) is 5.02 Å². The van der Waals surface area contributed by atoms with Crippen molar-refractivity contribution in [3.8, 4) is 0 Å². The number of nitrogens with zero attached hydrogens (tertiary/aromatic N) is 2. The minimum absolute atomic E-state index is 0.00616. The fraction of sp³-hybridized carbons (Fsp3) is 0.364. The van der Waals surface area contributed by atoms with Crippen LogP contribution in [0.25, 0.3) is 0 Å². The van der Waals surface area contributed by atoms with Crippen molar-refractivity contribution < 1.29 is 19.5 Å². The van der Waals surface area contributed by atoms with Crippen LogP contribution in [0.5, 0.6) is 0 Å². The number of carbonyl (C=O) groups excluding carboxylic acids is 2. The lowest BCUT2D eigenvalue weighted by molar-refractivity contribution is -0.147. The fourth-order valence-electron chi connectivity index (χ4n) is 5.43. The fourth-order valence-corrected chi connectivity index (χ4v) is 5.55. The number of para-hydroxylation sites is 1. The molecule has 0 saturated carbocycles. The highest BCUT2D eigenvalue weighted by Crippen LogP contribution is 2.41. The number of halogens is 1. The zero-order valence-corrected chi connectivity index (χ0v) is 24.3. The van der Waals surface area contributed by atoms with Gasteiger partial charge in [0, 0.05) is 34.5 Å². The highest BCUT2D eigenvalue weighted by Gasteiger charge is 2.38. The number of amides is 2. The average molecular weight is 561 g/mol. The van der Waals surface area contributed by atoms with Crippen molar-refractivity contribution in [2.24, 2.45) is 5.41 Å². The highest BCUT2D eigenvalue weighted by molar-refractivity contribution is 6.30. The Balaban J connectivity index is 1.53. The summed E-state index contributed by atoms with van der Waals surface area (Å²) >= 11 is 6.07. The molecule has 4 rings (SSSR count). The standard InChI is InChI=1S/C33H37ClN2O4/c1-5-35(26-18-16-25(34)17-19-26)31(38)28-21-22(2)36(29-11-7-6-10-27(28)29)30(37)24-14-12-23(13-15-24)9-8-20-33(3,4)32(39)40/h6-7,10-19,22,28H,5,8-9,20-21H2,1-4H3,(H,39,40). The molecule has 6 nitrogen and oxygen atoms in total. The molecule has 2 amide bonds. The van der Waals surface area contributed by atoms with Gasteiger partial charge in [-0.2, -0.15) is 0 Å². The Labute approximate surface area is 241 Å². The molecule has 1 aliphatic rings. The Kier molecular flexibility index (Phi) is 8.99. The molecule has 0 aromatic heterocycles. The number of aryl methyl sites for hydroxylation is 1. The van der Waals surface area contributed by atoms with Crippen LogP contribution in [0, 0.1) is 5.41 Å². The van der Waals surface area contributed by atoms with E-state index in [2.05, 4.69) is 0 Å². The molecule has 1 aliphatic heterocycles. The van der Waals surface area contributed by atoms with Gasteiger partial charge in [0.05, 0.1) is 11.3 Å². The van der Waals surface area contributed by atoms with E-state index in [4.69, 9.17) is 11.6 Å². The number of carboxylic acid groups (broad SMARTS) is 1.